The Labute approximate surface area is 174 Å². The fourth-order valence-electron chi connectivity index (χ4n) is 2.96. The Morgan fingerprint density at radius 2 is 1.41 bits per heavy atom. The van der Waals surface area contributed by atoms with Gasteiger partial charge in [-0.15, -0.1) is 0 Å². The molecule has 0 unspecified atom stereocenters. The number of nitrogens with zero attached hydrogens (tertiary/aromatic N) is 1. The molecule has 0 saturated carbocycles. The molecule has 3 aromatic carbocycles. The van der Waals surface area contributed by atoms with E-state index in [0.717, 1.165) is 10.5 Å². The van der Waals surface area contributed by atoms with Crippen molar-refractivity contribution >= 4 is 33.3 Å². The molecule has 3 aromatic rings. The van der Waals surface area contributed by atoms with Crippen LogP contribution in [0, 0.1) is 6.92 Å². The van der Waals surface area contributed by atoms with E-state index in [9.17, 15) is 13.2 Å². The molecule has 1 aliphatic rings. The molecule has 0 aromatic heterocycles. The van der Waals surface area contributed by atoms with Gasteiger partial charge in [0.2, 0.25) is 0 Å². The van der Waals surface area contributed by atoms with E-state index >= 15 is 0 Å². The highest BCUT2D eigenvalue weighted by Crippen LogP contribution is 2.34. The van der Waals surface area contributed by atoms with Gasteiger partial charge in [0.15, 0.2) is 5.78 Å². The van der Waals surface area contributed by atoms with Crippen molar-refractivity contribution in [2.75, 3.05) is 0 Å². The molecule has 0 radical (unpaired) electrons. The van der Waals surface area contributed by atoms with E-state index in [2.05, 4.69) is 4.40 Å². The van der Waals surface area contributed by atoms with Crippen LogP contribution in [0.25, 0.3) is 0 Å². The van der Waals surface area contributed by atoms with Crippen LogP contribution < -0.4 is 0 Å². The third-order valence-electron chi connectivity index (χ3n) is 4.45. The van der Waals surface area contributed by atoms with E-state index in [1.54, 1.807) is 48.5 Å². The third-order valence-corrected chi connectivity index (χ3v) is 6.78. The molecule has 144 valence electrons. The molecule has 29 heavy (non-hydrogen) atoms. The maximum Gasteiger partial charge on any atom is 0.282 e. The fraction of sp³-hybridized carbons (Fsp3) is 0.0435. The highest BCUT2D eigenvalue weighted by Gasteiger charge is 2.26. The van der Waals surface area contributed by atoms with Crippen LogP contribution in [0.4, 0.5) is 0 Å². The smallest absolute Gasteiger partial charge is 0.282 e. The number of hydrogen-bond acceptors (Lipinski definition) is 4. The second-order valence-electron chi connectivity index (χ2n) is 6.56. The maximum absolute atomic E-state index is 13.0. The minimum atomic E-state index is -3.90. The van der Waals surface area contributed by atoms with Gasteiger partial charge in [0.25, 0.3) is 10.0 Å². The summed E-state index contributed by atoms with van der Waals surface area (Å²) in [7, 11) is -3.90. The summed E-state index contributed by atoms with van der Waals surface area (Å²) in [5.74, 6) is -0.137. The van der Waals surface area contributed by atoms with Crippen molar-refractivity contribution in [3.05, 3.63) is 107 Å². The first kappa shape index (κ1) is 19.4. The van der Waals surface area contributed by atoms with E-state index < -0.39 is 10.0 Å². The number of carbonyl (C=O) groups is 1. The van der Waals surface area contributed by atoms with Gasteiger partial charge < -0.3 is 0 Å². The molecule has 0 spiro atoms. The van der Waals surface area contributed by atoms with Crippen LogP contribution in [0.5, 0.6) is 0 Å². The van der Waals surface area contributed by atoms with Crippen LogP contribution in [0.1, 0.15) is 21.5 Å². The molecule has 0 saturated heterocycles. The highest BCUT2D eigenvalue weighted by atomic mass is 32.2. The zero-order valence-corrected chi connectivity index (χ0v) is 17.2. The zero-order chi connectivity index (χ0) is 20.4. The largest absolute Gasteiger partial charge is 0.288 e. The number of sulfonamides is 1. The summed E-state index contributed by atoms with van der Waals surface area (Å²) < 4.78 is 29.6. The van der Waals surface area contributed by atoms with Gasteiger partial charge in [-0.2, -0.15) is 12.8 Å². The first-order valence-electron chi connectivity index (χ1n) is 8.94. The minimum absolute atomic E-state index is 0.114. The van der Waals surface area contributed by atoms with Crippen molar-refractivity contribution in [3.63, 3.8) is 0 Å². The van der Waals surface area contributed by atoms with Crippen molar-refractivity contribution in [2.45, 2.75) is 16.7 Å². The molecular formula is C23H17NO3S2. The van der Waals surface area contributed by atoms with Crippen LogP contribution >= 0.6 is 11.8 Å². The topological polar surface area (TPSA) is 63.6 Å². The number of Topliss-reactive ketones (excluding diaryl/α,β-unsaturated/α-hetero) is 1. The van der Waals surface area contributed by atoms with Gasteiger partial charge in [-0.1, -0.05) is 71.9 Å². The van der Waals surface area contributed by atoms with Crippen molar-refractivity contribution in [1.82, 2.24) is 0 Å². The molecule has 6 heteroatoms. The summed E-state index contributed by atoms with van der Waals surface area (Å²) in [5, 5.41) is 0. The Kier molecular flexibility index (Phi) is 5.22. The Bertz CT molecular complexity index is 1240. The Hall–Kier alpha value is -2.96. The van der Waals surface area contributed by atoms with E-state index in [4.69, 9.17) is 0 Å². The predicted octanol–water partition coefficient (Wildman–Crippen LogP) is 5.05. The van der Waals surface area contributed by atoms with E-state index in [1.165, 1.54) is 23.9 Å². The van der Waals surface area contributed by atoms with Crippen molar-refractivity contribution in [3.8, 4) is 0 Å². The molecule has 1 aliphatic carbocycles. The van der Waals surface area contributed by atoms with Gasteiger partial charge in [0.1, 0.15) is 0 Å². The number of allylic oxidation sites excluding steroid dienone is 2. The summed E-state index contributed by atoms with van der Waals surface area (Å²) in [4.78, 5) is 14.4. The van der Waals surface area contributed by atoms with Crippen molar-refractivity contribution < 1.29 is 13.2 Å². The van der Waals surface area contributed by atoms with Gasteiger partial charge in [-0.25, -0.2) is 0 Å². The van der Waals surface area contributed by atoms with Crippen molar-refractivity contribution in [2.24, 2.45) is 4.40 Å². The van der Waals surface area contributed by atoms with Crippen molar-refractivity contribution in [1.29, 1.82) is 0 Å². The number of fused-ring (bicyclic) bond motifs is 1. The lowest BCUT2D eigenvalue weighted by molar-refractivity contribution is 0.104. The van der Waals surface area contributed by atoms with Gasteiger partial charge >= 0.3 is 0 Å². The van der Waals surface area contributed by atoms with Crippen LogP contribution in [0.15, 0.2) is 104 Å². The molecule has 4 nitrogen and oxygen atoms in total. The average Bonchev–Trinajstić information content (AvgIpc) is 2.73. The zero-order valence-electron chi connectivity index (χ0n) is 15.6. The predicted molar refractivity (Wildman–Crippen MR) is 116 cm³/mol. The highest BCUT2D eigenvalue weighted by molar-refractivity contribution is 8.04. The normalized spacial score (nSPS) is 15.1. The SMILES string of the molecule is Cc1ccc(SC2=CC(=NS(=O)(=O)c3ccccc3)c3ccccc3C2=O)cc1. The van der Waals surface area contributed by atoms with Crippen LogP contribution in [0.3, 0.4) is 0 Å². The first-order chi connectivity index (χ1) is 13.9. The van der Waals surface area contributed by atoms with E-state index in [-0.39, 0.29) is 16.4 Å². The monoisotopic (exact) mass is 419 g/mol. The van der Waals surface area contributed by atoms with Gasteiger partial charge in [0, 0.05) is 16.0 Å². The molecular weight excluding hydrogens is 402 g/mol. The number of ketones is 1. The lowest BCUT2D eigenvalue weighted by Crippen LogP contribution is -2.17. The summed E-state index contributed by atoms with van der Waals surface area (Å²) in [6.07, 6.45) is 1.57. The number of thioether (sulfide) groups is 1. The Balaban J connectivity index is 1.81. The lowest BCUT2D eigenvalue weighted by atomic mass is 9.94. The molecule has 0 amide bonds. The van der Waals surface area contributed by atoms with E-state index in [0.29, 0.717) is 16.0 Å². The number of hydrogen-bond donors (Lipinski definition) is 0. The Morgan fingerprint density at radius 1 is 0.793 bits per heavy atom. The summed E-state index contributed by atoms with van der Waals surface area (Å²) >= 11 is 1.31. The first-order valence-corrected chi connectivity index (χ1v) is 11.2. The minimum Gasteiger partial charge on any atom is -0.288 e. The van der Waals surface area contributed by atoms with Gasteiger partial charge in [-0.3, -0.25) is 4.79 Å². The Morgan fingerprint density at radius 3 is 2.10 bits per heavy atom. The molecule has 0 bridgehead atoms. The molecule has 0 aliphatic heterocycles. The molecule has 0 atom stereocenters. The molecule has 0 N–H and O–H groups in total. The summed E-state index contributed by atoms with van der Waals surface area (Å²) in [5.41, 5.74) is 2.36. The van der Waals surface area contributed by atoms with Gasteiger partial charge in [-0.05, 0) is 37.3 Å². The second-order valence-corrected chi connectivity index (χ2v) is 9.28. The van der Waals surface area contributed by atoms with Gasteiger partial charge in [0.05, 0.1) is 15.5 Å². The molecule has 0 fully saturated rings. The number of benzene rings is 3. The molecule has 0 heterocycles. The number of rotatable bonds is 4. The third kappa shape index (κ3) is 4.09. The second kappa shape index (κ2) is 7.81. The maximum atomic E-state index is 13.0. The lowest BCUT2D eigenvalue weighted by Gasteiger charge is -2.17. The molecule has 4 rings (SSSR count). The number of carbonyl (C=O) groups excluding carboxylic acids is 1. The summed E-state index contributed by atoms with van der Waals surface area (Å²) in [6, 6.07) is 22.8. The van der Waals surface area contributed by atoms with Crippen LogP contribution in [-0.4, -0.2) is 19.9 Å². The van der Waals surface area contributed by atoms with Crippen LogP contribution in [0.2, 0.25) is 0 Å². The fourth-order valence-corrected chi connectivity index (χ4v) is 4.88. The quantitative estimate of drug-likeness (QED) is 0.594. The average molecular weight is 420 g/mol. The number of aryl methyl sites for hydroxylation is 1. The van der Waals surface area contributed by atoms with Crippen LogP contribution in [-0.2, 0) is 10.0 Å². The summed E-state index contributed by atoms with van der Waals surface area (Å²) in [6.45, 7) is 1.99. The standard InChI is InChI=1S/C23H17NO3S2/c1-16-11-13-17(14-12-16)28-22-15-21(19-9-5-6-10-20(19)23(22)25)24-29(26,27)18-7-3-2-4-8-18/h2-15H,1H3. The van der Waals surface area contributed by atoms with E-state index in [1.807, 2.05) is 31.2 Å².